The standard InChI is InChI=1S/C31H29F5N6O5S3/c1-15-11-47-12-16(2)42(15)30-40-26(27(48-30)23-9-10-37-29(38-23)39-25-18-13-49(43,44)14-19(18)25)17-5-3-8-22(24(17)33)41-50(45,46)28-20(31(34,35)36)6-4-7-21(28)32/h3-10,15-16,18-19,25,41H,11-14H2,1-2H3,(H,37,38,39)/t15-,16-,18-,19+,25?/m0/s1. The molecule has 2 aliphatic heterocycles. The molecule has 0 amide bonds. The van der Waals surface area contributed by atoms with Crippen molar-refractivity contribution in [1.29, 1.82) is 0 Å². The van der Waals surface area contributed by atoms with Crippen LogP contribution in [0.15, 0.2) is 53.6 Å². The summed E-state index contributed by atoms with van der Waals surface area (Å²) in [6.07, 6.45) is -3.73. The molecule has 11 nitrogen and oxygen atoms in total. The Hall–Kier alpha value is -3.94. The molecule has 3 aliphatic rings. The number of aromatic nitrogens is 3. The molecule has 2 aromatic heterocycles. The van der Waals surface area contributed by atoms with Crippen LogP contribution in [0.4, 0.5) is 38.7 Å². The van der Waals surface area contributed by atoms with E-state index >= 15 is 4.39 Å². The molecule has 19 heteroatoms. The van der Waals surface area contributed by atoms with Gasteiger partial charge >= 0.3 is 6.18 Å². The van der Waals surface area contributed by atoms with Crippen LogP contribution in [-0.2, 0) is 30.8 Å². The summed E-state index contributed by atoms with van der Waals surface area (Å²) in [5.74, 6) is -2.52. The Morgan fingerprint density at radius 1 is 0.980 bits per heavy atom. The summed E-state index contributed by atoms with van der Waals surface area (Å²) < 4.78 is 130. The minimum Gasteiger partial charge on any atom is -0.377 e. The number of hydrogen-bond donors (Lipinski definition) is 2. The number of sulfonamides is 1. The van der Waals surface area contributed by atoms with Crippen LogP contribution < -0.4 is 14.9 Å². The number of nitrogens with one attached hydrogen (secondary N) is 2. The molecule has 2 saturated heterocycles. The Morgan fingerprint density at radius 2 is 1.66 bits per heavy atom. The van der Waals surface area contributed by atoms with E-state index < -0.39 is 53.8 Å². The van der Waals surface area contributed by atoms with Crippen LogP contribution in [0.5, 0.6) is 0 Å². The fourth-order valence-corrected chi connectivity index (χ4v) is 11.4. The van der Waals surface area contributed by atoms with E-state index in [1.54, 1.807) is 10.8 Å². The molecule has 0 radical (unpaired) electrons. The van der Waals surface area contributed by atoms with Gasteiger partial charge in [0.05, 0.1) is 64.3 Å². The Labute approximate surface area is 287 Å². The third-order valence-corrected chi connectivity index (χ3v) is 13.3. The van der Waals surface area contributed by atoms with Crippen LogP contribution in [-0.4, -0.2) is 74.6 Å². The maximum absolute atomic E-state index is 16.4. The number of morpholine rings is 1. The van der Waals surface area contributed by atoms with Gasteiger partial charge in [0.2, 0.25) is 5.95 Å². The lowest BCUT2D eigenvalue weighted by Crippen LogP contribution is -2.49. The average molecular weight is 757 g/mol. The molecular formula is C31H29F5N6O5S3. The number of anilines is 3. The molecule has 4 heterocycles. The molecule has 7 rings (SSSR count). The summed E-state index contributed by atoms with van der Waals surface area (Å²) in [6.45, 7) is 4.67. The van der Waals surface area contributed by atoms with Gasteiger partial charge in [-0.15, -0.1) is 0 Å². The van der Waals surface area contributed by atoms with Crippen molar-refractivity contribution in [1.82, 2.24) is 15.0 Å². The first-order valence-corrected chi connectivity index (χ1v) is 19.5. The van der Waals surface area contributed by atoms with Crippen molar-refractivity contribution in [3.05, 3.63) is 65.9 Å². The number of thiazole rings is 1. The van der Waals surface area contributed by atoms with E-state index in [1.165, 1.54) is 29.7 Å². The van der Waals surface area contributed by atoms with Gasteiger partial charge in [-0.05, 0) is 56.0 Å². The van der Waals surface area contributed by atoms with Crippen LogP contribution in [0.3, 0.4) is 0 Å². The Balaban J connectivity index is 1.28. The number of hydrogen-bond acceptors (Lipinski definition) is 11. The molecule has 0 spiro atoms. The van der Waals surface area contributed by atoms with E-state index in [2.05, 4.69) is 15.3 Å². The summed E-state index contributed by atoms with van der Waals surface area (Å²) in [5, 5.41) is 3.69. The molecular weight excluding hydrogens is 728 g/mol. The van der Waals surface area contributed by atoms with Crippen molar-refractivity contribution in [2.45, 2.75) is 43.0 Å². The average Bonchev–Trinajstić information content (AvgIpc) is 3.33. The molecule has 0 bridgehead atoms. The number of alkyl halides is 3. The number of halogens is 5. The van der Waals surface area contributed by atoms with Gasteiger partial charge in [-0.3, -0.25) is 4.72 Å². The number of sulfone groups is 1. The summed E-state index contributed by atoms with van der Waals surface area (Å²) in [6, 6.07) is 6.56. The molecule has 4 aromatic rings. The lowest BCUT2D eigenvalue weighted by atomic mass is 10.1. The number of rotatable bonds is 8. The molecule has 2 N–H and O–H groups in total. The molecule has 2 aromatic carbocycles. The summed E-state index contributed by atoms with van der Waals surface area (Å²) in [5.41, 5.74) is -2.27. The Bertz CT molecular complexity index is 2170. The SMILES string of the molecule is C[C@H]1COC[C@H](C)N1c1nc(-c2cccc(NS(=O)(=O)c3c(F)cccc3C(F)(F)F)c2F)c(-c2ccnc(NC3[C@H]4CS(=O)(=O)C[C@@H]34)n2)s1. The van der Waals surface area contributed by atoms with Gasteiger partial charge in [0, 0.05) is 17.8 Å². The first-order valence-electron chi connectivity index (χ1n) is 15.4. The molecule has 3 fully saturated rings. The van der Waals surface area contributed by atoms with Gasteiger partial charge in [0.15, 0.2) is 20.8 Å². The zero-order valence-electron chi connectivity index (χ0n) is 26.3. The van der Waals surface area contributed by atoms with E-state index in [4.69, 9.17) is 9.72 Å². The second-order valence-electron chi connectivity index (χ2n) is 12.5. The minimum absolute atomic E-state index is 0.0423. The Morgan fingerprint density at radius 3 is 2.34 bits per heavy atom. The second kappa shape index (κ2) is 12.4. The van der Waals surface area contributed by atoms with Crippen molar-refractivity contribution in [3.63, 3.8) is 0 Å². The number of nitrogens with zero attached hydrogens (tertiary/aromatic N) is 4. The van der Waals surface area contributed by atoms with Crippen molar-refractivity contribution in [2.75, 3.05) is 39.7 Å². The number of ether oxygens (including phenoxy) is 1. The second-order valence-corrected chi connectivity index (χ2v) is 17.3. The maximum Gasteiger partial charge on any atom is 0.417 e. The number of fused-ring (bicyclic) bond motifs is 1. The normalized spacial score (nSPS) is 24.5. The van der Waals surface area contributed by atoms with Gasteiger partial charge in [-0.1, -0.05) is 23.5 Å². The lowest BCUT2D eigenvalue weighted by Gasteiger charge is -2.38. The summed E-state index contributed by atoms with van der Waals surface area (Å²) >= 11 is 1.19. The van der Waals surface area contributed by atoms with Gasteiger partial charge in [-0.25, -0.2) is 40.6 Å². The van der Waals surface area contributed by atoms with Crippen LogP contribution in [0.1, 0.15) is 19.4 Å². The van der Waals surface area contributed by atoms with Gasteiger partial charge in [-0.2, -0.15) is 13.2 Å². The van der Waals surface area contributed by atoms with Crippen molar-refractivity contribution in [2.24, 2.45) is 11.8 Å². The van der Waals surface area contributed by atoms with E-state index in [1.807, 2.05) is 18.7 Å². The molecule has 1 saturated carbocycles. The third kappa shape index (κ3) is 6.39. The van der Waals surface area contributed by atoms with Crippen molar-refractivity contribution in [3.8, 4) is 21.8 Å². The predicted molar refractivity (Wildman–Crippen MR) is 176 cm³/mol. The highest BCUT2D eigenvalue weighted by atomic mass is 32.2. The van der Waals surface area contributed by atoms with Gasteiger partial charge < -0.3 is 15.0 Å². The van der Waals surface area contributed by atoms with E-state index in [0.29, 0.717) is 41.0 Å². The molecule has 5 atom stereocenters. The maximum atomic E-state index is 16.4. The third-order valence-electron chi connectivity index (χ3n) is 8.95. The molecule has 50 heavy (non-hydrogen) atoms. The van der Waals surface area contributed by atoms with Crippen LogP contribution in [0.25, 0.3) is 21.8 Å². The van der Waals surface area contributed by atoms with Crippen molar-refractivity contribution < 1.29 is 43.5 Å². The quantitative estimate of drug-likeness (QED) is 0.224. The largest absolute Gasteiger partial charge is 0.417 e. The van der Waals surface area contributed by atoms with E-state index in [0.717, 1.165) is 12.1 Å². The highest BCUT2D eigenvalue weighted by Crippen LogP contribution is 2.49. The number of benzene rings is 2. The predicted octanol–water partition coefficient (Wildman–Crippen LogP) is 5.43. The first-order chi connectivity index (χ1) is 23.5. The first kappa shape index (κ1) is 34.5. The molecule has 1 aliphatic carbocycles. The fourth-order valence-electron chi connectivity index (χ4n) is 6.62. The zero-order valence-corrected chi connectivity index (χ0v) is 28.7. The minimum atomic E-state index is -5.28. The topological polar surface area (TPSA) is 143 Å². The fraction of sp³-hybridized carbons (Fsp3) is 0.387. The van der Waals surface area contributed by atoms with Gasteiger partial charge in [0.1, 0.15) is 10.7 Å². The van der Waals surface area contributed by atoms with Crippen molar-refractivity contribution >= 4 is 48.0 Å². The molecule has 266 valence electrons. The monoisotopic (exact) mass is 756 g/mol. The van der Waals surface area contributed by atoms with E-state index in [9.17, 15) is 34.4 Å². The molecule has 1 unspecified atom stereocenters. The van der Waals surface area contributed by atoms with Crippen LogP contribution in [0.2, 0.25) is 0 Å². The Kier molecular flexibility index (Phi) is 8.54. The lowest BCUT2D eigenvalue weighted by molar-refractivity contribution is -0.140. The van der Waals surface area contributed by atoms with Crippen LogP contribution >= 0.6 is 11.3 Å². The van der Waals surface area contributed by atoms with E-state index in [-0.39, 0.29) is 58.7 Å². The van der Waals surface area contributed by atoms with Gasteiger partial charge in [0.25, 0.3) is 10.0 Å². The highest BCUT2D eigenvalue weighted by Gasteiger charge is 2.59. The highest BCUT2D eigenvalue weighted by molar-refractivity contribution is 7.92. The van der Waals surface area contributed by atoms with Crippen LogP contribution in [0, 0.1) is 23.5 Å². The smallest absolute Gasteiger partial charge is 0.377 e. The summed E-state index contributed by atoms with van der Waals surface area (Å²) in [7, 11) is -8.35. The summed E-state index contributed by atoms with van der Waals surface area (Å²) in [4.78, 5) is 14.4. The zero-order chi connectivity index (χ0) is 35.7.